The number of aliphatic hydroxyl groups excluding tert-OH is 1. The van der Waals surface area contributed by atoms with Crippen molar-refractivity contribution in [3.05, 3.63) is 36.0 Å². The number of rotatable bonds is 5. The highest BCUT2D eigenvalue weighted by Gasteiger charge is 2.48. The molecule has 3 fully saturated rings. The van der Waals surface area contributed by atoms with Crippen LogP contribution in [0.3, 0.4) is 0 Å². The van der Waals surface area contributed by atoms with Crippen molar-refractivity contribution in [2.24, 2.45) is 35.5 Å². The van der Waals surface area contributed by atoms with Crippen LogP contribution in [0.4, 0.5) is 0 Å². The number of ketones is 1. The second kappa shape index (κ2) is 13.2. The number of nitrogens with zero attached hydrogens (tertiary/aromatic N) is 1. The normalized spacial score (nSPS) is 42.6. The van der Waals surface area contributed by atoms with Gasteiger partial charge in [0.15, 0.2) is 12.1 Å². The largest absolute Gasteiger partial charge is 0.458 e. The van der Waals surface area contributed by atoms with Crippen LogP contribution >= 0.6 is 0 Å². The molecule has 1 N–H and O–H groups in total. The van der Waals surface area contributed by atoms with Gasteiger partial charge in [0.05, 0.1) is 24.7 Å². The van der Waals surface area contributed by atoms with E-state index in [2.05, 4.69) is 44.1 Å². The first kappa shape index (κ1) is 30.7. The lowest BCUT2D eigenvalue weighted by molar-refractivity contribution is -0.231. The van der Waals surface area contributed by atoms with Crippen molar-refractivity contribution in [3.63, 3.8) is 0 Å². The van der Waals surface area contributed by atoms with Crippen molar-refractivity contribution < 1.29 is 28.9 Å². The molecule has 2 heterocycles. The Labute approximate surface area is 246 Å². The summed E-state index contributed by atoms with van der Waals surface area (Å²) in [5.41, 5.74) is 0.803. The molecule has 0 spiro atoms. The number of allylic oxidation sites excluding steroid dienone is 4. The van der Waals surface area contributed by atoms with Crippen LogP contribution in [0.1, 0.15) is 78.6 Å². The summed E-state index contributed by atoms with van der Waals surface area (Å²) in [7, 11) is 4.17. The van der Waals surface area contributed by atoms with Crippen LogP contribution in [0, 0.1) is 35.5 Å². The second-order valence-corrected chi connectivity index (χ2v) is 13.5. The topological polar surface area (TPSA) is 85.3 Å². The predicted octanol–water partition coefficient (Wildman–Crippen LogP) is 5.23. The first-order valence-electron chi connectivity index (χ1n) is 16.1. The zero-order chi connectivity index (χ0) is 29.3. The van der Waals surface area contributed by atoms with Gasteiger partial charge in [-0.3, -0.25) is 9.59 Å². The summed E-state index contributed by atoms with van der Waals surface area (Å²) in [6.45, 7) is 5.80. The molecule has 2 saturated heterocycles. The minimum Gasteiger partial charge on any atom is -0.458 e. The number of hydrogen-bond donors (Lipinski definition) is 1. The van der Waals surface area contributed by atoms with Gasteiger partial charge in [-0.1, -0.05) is 37.6 Å². The molecular weight excluding hydrogens is 518 g/mol. The number of cyclic esters (lactones) is 1. The first-order valence-corrected chi connectivity index (χ1v) is 16.1. The smallest absolute Gasteiger partial charge is 0.307 e. The summed E-state index contributed by atoms with van der Waals surface area (Å²) >= 11 is 0. The van der Waals surface area contributed by atoms with Crippen LogP contribution in [0.15, 0.2) is 36.0 Å². The molecule has 12 atom stereocenters. The molecule has 228 valence electrons. The van der Waals surface area contributed by atoms with E-state index in [1.165, 1.54) is 19.3 Å². The number of likely N-dealkylation sites (N-methyl/N-ethyl adjacent to an activating group) is 1. The lowest BCUT2D eigenvalue weighted by Gasteiger charge is -2.40. The van der Waals surface area contributed by atoms with Crippen LogP contribution < -0.4 is 0 Å². The van der Waals surface area contributed by atoms with Gasteiger partial charge in [0.2, 0.25) is 0 Å². The van der Waals surface area contributed by atoms with Gasteiger partial charge in [0, 0.05) is 17.9 Å². The molecule has 0 aromatic carbocycles. The van der Waals surface area contributed by atoms with E-state index in [0.717, 1.165) is 24.8 Å². The number of carbonyl (C=O) groups excluding carboxylic acids is 2. The van der Waals surface area contributed by atoms with E-state index in [1.807, 2.05) is 13.0 Å². The van der Waals surface area contributed by atoms with Crippen LogP contribution in [-0.2, 0) is 23.8 Å². The molecule has 0 aromatic heterocycles. The van der Waals surface area contributed by atoms with E-state index in [1.54, 1.807) is 13.0 Å². The molecule has 0 bridgehead atoms. The monoisotopic (exact) mass is 569 g/mol. The molecule has 0 aromatic rings. The minimum atomic E-state index is -0.614. The summed E-state index contributed by atoms with van der Waals surface area (Å²) in [5.74, 6) is 0.939. The maximum absolute atomic E-state index is 14.3. The van der Waals surface area contributed by atoms with Gasteiger partial charge >= 0.3 is 5.97 Å². The molecule has 41 heavy (non-hydrogen) atoms. The number of fused-ring (bicyclic) bond motifs is 5. The quantitative estimate of drug-likeness (QED) is 0.359. The van der Waals surface area contributed by atoms with Crippen molar-refractivity contribution in [1.29, 1.82) is 0 Å². The van der Waals surface area contributed by atoms with Crippen LogP contribution in [0.2, 0.25) is 0 Å². The zero-order valence-corrected chi connectivity index (χ0v) is 25.6. The summed E-state index contributed by atoms with van der Waals surface area (Å²) in [6.07, 6.45) is 16.4. The number of carbonyl (C=O) groups is 2. The molecular formula is C34H51NO6. The molecule has 0 radical (unpaired) electrons. The van der Waals surface area contributed by atoms with Gasteiger partial charge in [0.25, 0.3) is 0 Å². The Morgan fingerprint density at radius 2 is 1.80 bits per heavy atom. The van der Waals surface area contributed by atoms with Gasteiger partial charge in [-0.2, -0.15) is 0 Å². The SMILES string of the molecule is CC(O)/C=C/[C@H]1CCC[C@H](OC2CC[C@H](N(C)C)[C@@H](C)O2)[C@@H](C)C(=O)C2=CC3C(C=CC4CCCC43)C2CC(=O)O1. The average molecular weight is 570 g/mol. The van der Waals surface area contributed by atoms with Crippen molar-refractivity contribution in [2.75, 3.05) is 14.1 Å². The molecule has 7 nitrogen and oxygen atoms in total. The fraction of sp³-hybridized carbons (Fsp3) is 0.765. The van der Waals surface area contributed by atoms with Gasteiger partial charge in [-0.25, -0.2) is 0 Å². The van der Waals surface area contributed by atoms with Gasteiger partial charge in [0.1, 0.15) is 6.10 Å². The Bertz CT molecular complexity index is 1030. The molecule has 1 saturated carbocycles. The highest BCUT2D eigenvalue weighted by molar-refractivity contribution is 5.99. The third-order valence-electron chi connectivity index (χ3n) is 10.5. The number of ether oxygens (including phenoxy) is 3. The summed E-state index contributed by atoms with van der Waals surface area (Å²) in [4.78, 5) is 29.8. The maximum atomic E-state index is 14.3. The standard InChI is InChI=1S/C34H51NO6/c1-20(36)12-14-24-9-7-11-31(41-33-17-16-30(35(4)5)22(3)39-33)21(2)34(38)29-18-27-25-10-6-8-23(25)13-15-26(27)28(29)19-32(37)40-24/h12-15,18,20-28,30-31,33,36H,6-11,16-17,19H2,1-5H3/b14-12+/t20?,21-,22-,23?,24-,25?,26?,27?,28?,30+,31+,33?/m1/s1. The van der Waals surface area contributed by atoms with Gasteiger partial charge < -0.3 is 24.2 Å². The van der Waals surface area contributed by atoms with E-state index in [0.29, 0.717) is 36.6 Å². The Kier molecular flexibility index (Phi) is 9.89. The lowest BCUT2D eigenvalue weighted by atomic mass is 9.70. The van der Waals surface area contributed by atoms with Crippen LogP contribution in [-0.4, -0.2) is 72.6 Å². The highest BCUT2D eigenvalue weighted by atomic mass is 16.7. The van der Waals surface area contributed by atoms with Crippen molar-refractivity contribution in [2.45, 2.75) is 115 Å². The Hall–Kier alpha value is -1.80. The molecule has 5 aliphatic rings. The third kappa shape index (κ3) is 6.90. The van der Waals surface area contributed by atoms with E-state index >= 15 is 0 Å². The zero-order valence-electron chi connectivity index (χ0n) is 25.6. The summed E-state index contributed by atoms with van der Waals surface area (Å²) in [6, 6.07) is 0.349. The number of esters is 1. The summed E-state index contributed by atoms with van der Waals surface area (Å²) < 4.78 is 18.9. The molecule has 2 aliphatic heterocycles. The summed E-state index contributed by atoms with van der Waals surface area (Å²) in [5, 5.41) is 9.83. The molecule has 0 amide bonds. The van der Waals surface area contributed by atoms with Crippen LogP contribution in [0.5, 0.6) is 0 Å². The Morgan fingerprint density at radius 1 is 1.02 bits per heavy atom. The van der Waals surface area contributed by atoms with Crippen LogP contribution in [0.25, 0.3) is 0 Å². The van der Waals surface area contributed by atoms with Crippen molar-refractivity contribution in [1.82, 2.24) is 4.90 Å². The molecule has 5 rings (SSSR count). The number of Topliss-reactive ketones (excluding diaryl/α,β-unsaturated/α-hetero) is 1. The average Bonchev–Trinajstić information content (AvgIpc) is 3.54. The molecule has 7 unspecified atom stereocenters. The second-order valence-electron chi connectivity index (χ2n) is 13.5. The van der Waals surface area contributed by atoms with Crippen molar-refractivity contribution >= 4 is 11.8 Å². The fourth-order valence-corrected chi connectivity index (χ4v) is 8.28. The number of aliphatic hydroxyl groups is 1. The van der Waals surface area contributed by atoms with Crippen molar-refractivity contribution in [3.8, 4) is 0 Å². The fourth-order valence-electron chi connectivity index (χ4n) is 8.28. The van der Waals surface area contributed by atoms with E-state index in [4.69, 9.17) is 14.2 Å². The third-order valence-corrected chi connectivity index (χ3v) is 10.5. The Morgan fingerprint density at radius 3 is 2.54 bits per heavy atom. The first-order chi connectivity index (χ1) is 19.6. The van der Waals surface area contributed by atoms with E-state index < -0.39 is 12.2 Å². The minimum absolute atomic E-state index is 0.0478. The lowest BCUT2D eigenvalue weighted by Crippen LogP contribution is -2.47. The van der Waals surface area contributed by atoms with E-state index in [9.17, 15) is 14.7 Å². The highest BCUT2D eigenvalue weighted by Crippen LogP contribution is 2.53. The predicted molar refractivity (Wildman–Crippen MR) is 158 cm³/mol. The van der Waals surface area contributed by atoms with E-state index in [-0.39, 0.29) is 54.4 Å². The molecule has 7 heteroatoms. The Balaban J connectivity index is 1.40. The van der Waals surface area contributed by atoms with Gasteiger partial charge in [-0.05, 0) is 108 Å². The van der Waals surface area contributed by atoms with Gasteiger partial charge in [-0.15, -0.1) is 0 Å². The number of hydrogen-bond acceptors (Lipinski definition) is 7. The maximum Gasteiger partial charge on any atom is 0.307 e. The molecule has 3 aliphatic carbocycles.